The largest absolute Gasteiger partial charge is 0.435 e. The van der Waals surface area contributed by atoms with Gasteiger partial charge in [0.15, 0.2) is 5.69 Å². The molecule has 3 fully saturated rings. The summed E-state index contributed by atoms with van der Waals surface area (Å²) in [4.78, 5) is 14.1. The van der Waals surface area contributed by atoms with Crippen LogP contribution < -0.4 is 10.5 Å². The third-order valence-corrected chi connectivity index (χ3v) is 5.07. The molecule has 0 saturated carbocycles. The minimum atomic E-state index is -2.92. The van der Waals surface area contributed by atoms with Crippen LogP contribution in [-0.4, -0.2) is 46.8 Å². The number of piperidine rings is 3. The van der Waals surface area contributed by atoms with Crippen molar-refractivity contribution >= 4 is 16.8 Å². The quantitative estimate of drug-likeness (QED) is 0.927. The zero-order valence-corrected chi connectivity index (χ0v) is 13.0. The second-order valence-electron chi connectivity index (χ2n) is 6.42. The van der Waals surface area contributed by atoms with E-state index in [-0.39, 0.29) is 17.5 Å². The lowest BCUT2D eigenvalue weighted by Crippen LogP contribution is -2.48. The Bertz CT molecular complexity index is 784. The molecular formula is C16H18F2N4O2. The SMILES string of the molecule is NC(=O)c1nn([C@H]2CN3CCC2CC3)c2ccc(OC(F)F)cc12. The van der Waals surface area contributed by atoms with Gasteiger partial charge in [-0.1, -0.05) is 0 Å². The predicted octanol–water partition coefficient (Wildman–Crippen LogP) is 2.00. The van der Waals surface area contributed by atoms with E-state index in [0.29, 0.717) is 11.3 Å². The van der Waals surface area contributed by atoms with E-state index in [9.17, 15) is 13.6 Å². The number of carbonyl (C=O) groups excluding carboxylic acids is 1. The Morgan fingerprint density at radius 2 is 2.08 bits per heavy atom. The van der Waals surface area contributed by atoms with Crippen molar-refractivity contribution in [2.45, 2.75) is 25.5 Å². The lowest BCUT2D eigenvalue weighted by Gasteiger charge is -2.44. The molecule has 24 heavy (non-hydrogen) atoms. The molecule has 5 rings (SSSR count). The number of carbonyl (C=O) groups is 1. The fourth-order valence-electron chi connectivity index (χ4n) is 3.94. The lowest BCUT2D eigenvalue weighted by molar-refractivity contribution is -0.0497. The summed E-state index contributed by atoms with van der Waals surface area (Å²) in [7, 11) is 0. The van der Waals surface area contributed by atoms with Gasteiger partial charge in [-0.3, -0.25) is 9.48 Å². The van der Waals surface area contributed by atoms with E-state index < -0.39 is 12.5 Å². The zero-order chi connectivity index (χ0) is 16.8. The minimum absolute atomic E-state index is 0.00605. The summed E-state index contributed by atoms with van der Waals surface area (Å²) in [5, 5.41) is 4.88. The van der Waals surface area contributed by atoms with E-state index in [0.717, 1.165) is 38.0 Å². The van der Waals surface area contributed by atoms with Crippen LogP contribution in [0.3, 0.4) is 0 Å². The van der Waals surface area contributed by atoms with Gasteiger partial charge in [-0.25, -0.2) is 0 Å². The molecule has 1 amide bonds. The molecule has 2 N–H and O–H groups in total. The highest BCUT2D eigenvalue weighted by Gasteiger charge is 2.37. The van der Waals surface area contributed by atoms with Crippen molar-refractivity contribution in [1.82, 2.24) is 14.7 Å². The number of primary amides is 1. The molecule has 8 heteroatoms. The number of hydrogen-bond donors (Lipinski definition) is 1. The Hall–Kier alpha value is -2.22. The number of amides is 1. The Labute approximate surface area is 137 Å². The number of benzene rings is 1. The average molecular weight is 336 g/mol. The molecule has 128 valence electrons. The first kappa shape index (κ1) is 15.3. The van der Waals surface area contributed by atoms with Gasteiger partial charge >= 0.3 is 6.61 Å². The molecule has 3 aliphatic heterocycles. The average Bonchev–Trinajstić information content (AvgIpc) is 2.94. The van der Waals surface area contributed by atoms with Gasteiger partial charge in [-0.2, -0.15) is 13.9 Å². The maximum absolute atomic E-state index is 12.4. The van der Waals surface area contributed by atoms with Crippen LogP contribution in [0.15, 0.2) is 18.2 Å². The zero-order valence-electron chi connectivity index (χ0n) is 13.0. The highest BCUT2D eigenvalue weighted by Crippen LogP contribution is 2.38. The molecule has 3 aliphatic rings. The van der Waals surface area contributed by atoms with E-state index in [1.807, 2.05) is 4.68 Å². The van der Waals surface area contributed by atoms with Crippen molar-refractivity contribution in [3.05, 3.63) is 23.9 Å². The normalized spacial score (nSPS) is 26.2. The number of hydrogen-bond acceptors (Lipinski definition) is 4. The number of ether oxygens (including phenoxy) is 1. The summed E-state index contributed by atoms with van der Waals surface area (Å²) in [6, 6.07) is 4.72. The van der Waals surface area contributed by atoms with Crippen molar-refractivity contribution in [3.63, 3.8) is 0 Å². The number of halogens is 2. The number of aromatic nitrogens is 2. The number of alkyl halides is 2. The van der Waals surface area contributed by atoms with E-state index >= 15 is 0 Å². The minimum Gasteiger partial charge on any atom is -0.435 e. The topological polar surface area (TPSA) is 73.4 Å². The van der Waals surface area contributed by atoms with Gasteiger partial charge in [0.25, 0.3) is 5.91 Å². The molecule has 0 unspecified atom stereocenters. The van der Waals surface area contributed by atoms with Gasteiger partial charge < -0.3 is 15.4 Å². The monoisotopic (exact) mass is 336 g/mol. The second kappa shape index (κ2) is 5.70. The predicted molar refractivity (Wildman–Crippen MR) is 83.1 cm³/mol. The molecule has 1 aromatic heterocycles. The van der Waals surface area contributed by atoms with Gasteiger partial charge in [0.1, 0.15) is 5.75 Å². The van der Waals surface area contributed by atoms with Crippen LogP contribution in [0.4, 0.5) is 8.78 Å². The fourth-order valence-corrected chi connectivity index (χ4v) is 3.94. The summed E-state index contributed by atoms with van der Waals surface area (Å²) in [6.45, 7) is 0.149. The summed E-state index contributed by atoms with van der Waals surface area (Å²) < 4.78 is 31.2. The third kappa shape index (κ3) is 2.50. The van der Waals surface area contributed by atoms with Crippen molar-refractivity contribution in [3.8, 4) is 5.75 Å². The Morgan fingerprint density at radius 1 is 1.33 bits per heavy atom. The molecule has 6 nitrogen and oxygen atoms in total. The van der Waals surface area contributed by atoms with Crippen LogP contribution in [-0.2, 0) is 0 Å². The summed E-state index contributed by atoms with van der Waals surface area (Å²) >= 11 is 0. The fraction of sp³-hybridized carbons (Fsp3) is 0.500. The van der Waals surface area contributed by atoms with Crippen LogP contribution in [0.1, 0.15) is 29.4 Å². The van der Waals surface area contributed by atoms with Gasteiger partial charge in [0.05, 0.1) is 11.6 Å². The van der Waals surface area contributed by atoms with Crippen LogP contribution in [0, 0.1) is 5.92 Å². The van der Waals surface area contributed by atoms with Gasteiger partial charge in [-0.05, 0) is 50.0 Å². The number of nitrogens with two attached hydrogens (primary N) is 1. The summed E-state index contributed by atoms with van der Waals surface area (Å²) in [5.41, 5.74) is 6.26. The maximum Gasteiger partial charge on any atom is 0.387 e. The highest BCUT2D eigenvalue weighted by atomic mass is 19.3. The molecule has 4 heterocycles. The standard InChI is InChI=1S/C16H18F2N4O2/c17-16(18)24-10-1-2-12-11(7-10)14(15(19)23)20-22(12)13-8-21-5-3-9(13)4-6-21/h1-2,7,9,13,16H,3-6,8H2,(H2,19,23)/t13-/m0/s1. The number of nitrogens with zero attached hydrogens (tertiary/aromatic N) is 3. The molecule has 1 atom stereocenters. The molecule has 1 aromatic carbocycles. The van der Waals surface area contributed by atoms with E-state index in [4.69, 9.17) is 5.73 Å². The van der Waals surface area contributed by atoms with Crippen LogP contribution in [0.5, 0.6) is 5.75 Å². The first-order valence-corrected chi connectivity index (χ1v) is 8.02. The number of rotatable bonds is 4. The van der Waals surface area contributed by atoms with Gasteiger partial charge in [0, 0.05) is 11.9 Å². The summed E-state index contributed by atoms with van der Waals surface area (Å²) in [6.07, 6.45) is 2.20. The van der Waals surface area contributed by atoms with Crippen LogP contribution in [0.25, 0.3) is 10.9 Å². The van der Waals surface area contributed by atoms with Gasteiger partial charge in [-0.15, -0.1) is 0 Å². The second-order valence-corrected chi connectivity index (χ2v) is 6.42. The lowest BCUT2D eigenvalue weighted by atomic mass is 9.84. The Kier molecular flexibility index (Phi) is 3.64. The molecular weight excluding hydrogens is 318 g/mol. The highest BCUT2D eigenvalue weighted by molar-refractivity contribution is 6.04. The molecule has 3 saturated heterocycles. The first-order chi connectivity index (χ1) is 11.5. The molecule has 0 aliphatic carbocycles. The first-order valence-electron chi connectivity index (χ1n) is 8.02. The number of fused-ring (bicyclic) bond motifs is 4. The van der Waals surface area contributed by atoms with Crippen molar-refractivity contribution in [2.24, 2.45) is 11.7 Å². The van der Waals surface area contributed by atoms with Crippen LogP contribution >= 0.6 is 0 Å². The van der Waals surface area contributed by atoms with Crippen LogP contribution in [0.2, 0.25) is 0 Å². The summed E-state index contributed by atoms with van der Waals surface area (Å²) in [5.74, 6) is -0.168. The van der Waals surface area contributed by atoms with Crippen molar-refractivity contribution < 1.29 is 18.3 Å². The third-order valence-electron chi connectivity index (χ3n) is 5.07. The molecule has 2 bridgehead atoms. The van der Waals surface area contributed by atoms with Gasteiger partial charge in [0.2, 0.25) is 0 Å². The van der Waals surface area contributed by atoms with E-state index in [1.54, 1.807) is 6.07 Å². The maximum atomic E-state index is 12.4. The molecule has 0 spiro atoms. The smallest absolute Gasteiger partial charge is 0.387 e. The molecule has 2 aromatic rings. The van der Waals surface area contributed by atoms with Crippen molar-refractivity contribution in [2.75, 3.05) is 19.6 Å². The molecule has 0 radical (unpaired) electrons. The Morgan fingerprint density at radius 3 is 2.67 bits per heavy atom. The van der Waals surface area contributed by atoms with Crippen molar-refractivity contribution in [1.29, 1.82) is 0 Å². The van der Waals surface area contributed by atoms with E-state index in [1.165, 1.54) is 12.1 Å². The van der Waals surface area contributed by atoms with E-state index in [2.05, 4.69) is 14.7 Å². The Balaban J connectivity index is 1.80.